The van der Waals surface area contributed by atoms with E-state index in [0.29, 0.717) is 0 Å². The number of ether oxygens (including phenoxy) is 1. The molecule has 0 saturated carbocycles. The molecule has 0 aliphatic carbocycles. The van der Waals surface area contributed by atoms with E-state index in [2.05, 4.69) is 4.74 Å². The van der Waals surface area contributed by atoms with E-state index in [1.165, 1.54) is 19.2 Å². The van der Waals surface area contributed by atoms with Crippen molar-refractivity contribution in [2.45, 2.75) is 12.5 Å². The van der Waals surface area contributed by atoms with E-state index in [1.54, 1.807) is 0 Å². The van der Waals surface area contributed by atoms with Crippen molar-refractivity contribution >= 4 is 17.6 Å². The highest BCUT2D eigenvalue weighted by atomic mass is 35.5. The molecule has 0 aliphatic heterocycles. The second-order valence-electron chi connectivity index (χ2n) is 2.44. The molecule has 0 amide bonds. The van der Waals surface area contributed by atoms with Crippen molar-refractivity contribution in [3.63, 3.8) is 0 Å². The Balaban J connectivity index is 2.58. The Hall–Kier alpha value is -1.00. The number of esters is 1. The average Bonchev–Trinajstić information content (AvgIpc) is 2.51. The normalized spacial score (nSPS) is 12.5. The molecule has 0 saturated heterocycles. The van der Waals surface area contributed by atoms with Crippen LogP contribution in [-0.4, -0.2) is 18.2 Å². The third kappa shape index (κ3) is 2.75. The van der Waals surface area contributed by atoms with Crippen LogP contribution in [0.4, 0.5) is 0 Å². The van der Waals surface area contributed by atoms with Crippen LogP contribution in [0.1, 0.15) is 18.3 Å². The molecule has 0 bridgehead atoms. The number of furan rings is 1. The van der Waals surface area contributed by atoms with Crippen LogP contribution in [0.2, 0.25) is 5.22 Å². The summed E-state index contributed by atoms with van der Waals surface area (Å²) < 4.78 is 9.27. The minimum Gasteiger partial charge on any atom is -0.469 e. The Kier molecular flexibility index (Phi) is 3.33. The summed E-state index contributed by atoms with van der Waals surface area (Å²) in [5, 5.41) is 9.56. The topological polar surface area (TPSA) is 59.7 Å². The minimum absolute atomic E-state index is 0.139. The number of carbonyl (C=O) groups is 1. The van der Waals surface area contributed by atoms with Gasteiger partial charge >= 0.3 is 5.97 Å². The van der Waals surface area contributed by atoms with Gasteiger partial charge in [-0.3, -0.25) is 4.79 Å². The monoisotopic (exact) mass is 204 g/mol. The molecule has 0 aliphatic rings. The number of halogens is 1. The van der Waals surface area contributed by atoms with E-state index in [0.717, 1.165) is 0 Å². The fourth-order valence-corrected chi connectivity index (χ4v) is 1.00. The van der Waals surface area contributed by atoms with Crippen molar-refractivity contribution in [2.75, 3.05) is 7.11 Å². The standard InChI is InChI=1S/C8H9ClO4/c1-12-8(11)4-5(10)6-2-3-7(9)13-6/h2-3,5,10H,4H2,1H3. The third-order valence-electron chi connectivity index (χ3n) is 1.51. The highest BCUT2D eigenvalue weighted by Gasteiger charge is 2.16. The second kappa shape index (κ2) is 4.30. The van der Waals surface area contributed by atoms with Crippen LogP contribution in [0, 0.1) is 0 Å². The van der Waals surface area contributed by atoms with Gasteiger partial charge in [0.05, 0.1) is 13.5 Å². The van der Waals surface area contributed by atoms with E-state index in [4.69, 9.17) is 16.0 Å². The Morgan fingerprint density at radius 1 is 1.77 bits per heavy atom. The molecule has 1 heterocycles. The summed E-state index contributed by atoms with van der Waals surface area (Å²) in [6, 6.07) is 3.01. The van der Waals surface area contributed by atoms with Crippen LogP contribution < -0.4 is 0 Å². The highest BCUT2D eigenvalue weighted by Crippen LogP contribution is 2.22. The summed E-state index contributed by atoms with van der Waals surface area (Å²) in [4.78, 5) is 10.7. The van der Waals surface area contributed by atoms with Crippen LogP contribution >= 0.6 is 11.6 Å². The van der Waals surface area contributed by atoms with Crippen LogP contribution in [0.3, 0.4) is 0 Å². The lowest BCUT2D eigenvalue weighted by atomic mass is 10.2. The van der Waals surface area contributed by atoms with E-state index in [9.17, 15) is 9.90 Å². The molecule has 72 valence electrons. The van der Waals surface area contributed by atoms with Gasteiger partial charge in [-0.05, 0) is 23.7 Å². The lowest BCUT2D eigenvalue weighted by Crippen LogP contribution is -2.07. The molecule has 5 heteroatoms. The SMILES string of the molecule is COC(=O)CC(O)c1ccc(Cl)o1. The van der Waals surface area contributed by atoms with Crippen molar-refractivity contribution in [1.82, 2.24) is 0 Å². The molecule has 0 spiro atoms. The third-order valence-corrected chi connectivity index (χ3v) is 1.71. The largest absolute Gasteiger partial charge is 0.469 e. The molecular weight excluding hydrogens is 196 g/mol. The first-order valence-corrected chi connectivity index (χ1v) is 4.01. The number of methoxy groups -OCH3 is 1. The lowest BCUT2D eigenvalue weighted by Gasteiger charge is -2.04. The predicted octanol–water partition coefficient (Wildman–Crippen LogP) is 1.53. The summed E-state index contributed by atoms with van der Waals surface area (Å²) in [5.74, 6) is -0.240. The zero-order chi connectivity index (χ0) is 9.84. The van der Waals surface area contributed by atoms with E-state index >= 15 is 0 Å². The molecule has 0 aromatic carbocycles. The smallest absolute Gasteiger partial charge is 0.308 e. The van der Waals surface area contributed by atoms with Gasteiger partial charge in [0.25, 0.3) is 0 Å². The van der Waals surface area contributed by atoms with Gasteiger partial charge in [0.1, 0.15) is 11.9 Å². The van der Waals surface area contributed by atoms with Crippen molar-refractivity contribution < 1.29 is 19.1 Å². The predicted molar refractivity (Wildman–Crippen MR) is 45.3 cm³/mol. The van der Waals surface area contributed by atoms with Gasteiger partial charge in [0, 0.05) is 0 Å². The van der Waals surface area contributed by atoms with E-state index in [1.807, 2.05) is 0 Å². The number of carbonyl (C=O) groups excluding carboxylic acids is 1. The van der Waals surface area contributed by atoms with Gasteiger partial charge in [0.15, 0.2) is 5.22 Å². The number of hydrogen-bond acceptors (Lipinski definition) is 4. The van der Waals surface area contributed by atoms with Gasteiger partial charge in [-0.15, -0.1) is 0 Å². The van der Waals surface area contributed by atoms with Crippen LogP contribution in [0.25, 0.3) is 0 Å². The van der Waals surface area contributed by atoms with Crippen LogP contribution in [0.15, 0.2) is 16.5 Å². The van der Waals surface area contributed by atoms with E-state index < -0.39 is 12.1 Å². The van der Waals surface area contributed by atoms with Gasteiger partial charge in [-0.2, -0.15) is 0 Å². The first kappa shape index (κ1) is 10.1. The molecule has 13 heavy (non-hydrogen) atoms. The molecule has 1 atom stereocenters. The maximum absolute atomic E-state index is 10.7. The zero-order valence-electron chi connectivity index (χ0n) is 6.99. The zero-order valence-corrected chi connectivity index (χ0v) is 7.75. The summed E-state index contributed by atoms with van der Waals surface area (Å²) >= 11 is 5.48. The molecule has 0 fully saturated rings. The molecule has 1 aromatic heterocycles. The molecule has 1 aromatic rings. The Morgan fingerprint density at radius 2 is 2.46 bits per heavy atom. The summed E-state index contributed by atoms with van der Waals surface area (Å²) in [6.07, 6.45) is -1.14. The quantitative estimate of drug-likeness (QED) is 0.759. The number of hydrogen-bond donors (Lipinski definition) is 1. The molecule has 1 N–H and O–H groups in total. The first-order chi connectivity index (χ1) is 6.13. The summed E-state index contributed by atoms with van der Waals surface area (Å²) in [6.45, 7) is 0. The van der Waals surface area contributed by atoms with Gasteiger partial charge < -0.3 is 14.3 Å². The highest BCUT2D eigenvalue weighted by molar-refractivity contribution is 6.28. The molecule has 1 unspecified atom stereocenters. The maximum Gasteiger partial charge on any atom is 0.308 e. The van der Waals surface area contributed by atoms with Crippen molar-refractivity contribution in [1.29, 1.82) is 0 Å². The van der Waals surface area contributed by atoms with Gasteiger partial charge in [0.2, 0.25) is 0 Å². The fourth-order valence-electron chi connectivity index (χ4n) is 0.849. The summed E-state index contributed by atoms with van der Waals surface area (Å²) in [7, 11) is 1.25. The molecule has 4 nitrogen and oxygen atoms in total. The van der Waals surface area contributed by atoms with Crippen LogP contribution in [-0.2, 0) is 9.53 Å². The number of aliphatic hydroxyl groups is 1. The average molecular weight is 205 g/mol. The number of aliphatic hydroxyl groups excluding tert-OH is 1. The van der Waals surface area contributed by atoms with Gasteiger partial charge in [-0.1, -0.05) is 0 Å². The Bertz CT molecular complexity index is 294. The molecule has 0 radical (unpaired) electrons. The lowest BCUT2D eigenvalue weighted by molar-refractivity contribution is -0.143. The Morgan fingerprint density at radius 3 is 2.92 bits per heavy atom. The summed E-state index contributed by atoms with van der Waals surface area (Å²) in [5.41, 5.74) is 0. The van der Waals surface area contributed by atoms with Crippen molar-refractivity contribution in [3.05, 3.63) is 23.1 Å². The number of rotatable bonds is 3. The minimum atomic E-state index is -1.00. The van der Waals surface area contributed by atoms with Crippen molar-refractivity contribution in [3.8, 4) is 0 Å². The molecular formula is C8H9ClO4. The molecule has 1 rings (SSSR count). The van der Waals surface area contributed by atoms with Crippen LogP contribution in [0.5, 0.6) is 0 Å². The maximum atomic E-state index is 10.7. The van der Waals surface area contributed by atoms with Gasteiger partial charge in [-0.25, -0.2) is 0 Å². The first-order valence-electron chi connectivity index (χ1n) is 3.63. The fraction of sp³-hybridized carbons (Fsp3) is 0.375. The Labute approximate surface area is 80.1 Å². The second-order valence-corrected chi connectivity index (χ2v) is 2.81. The van der Waals surface area contributed by atoms with Crippen molar-refractivity contribution in [2.24, 2.45) is 0 Å². The van der Waals surface area contributed by atoms with E-state index in [-0.39, 0.29) is 17.4 Å².